The van der Waals surface area contributed by atoms with Crippen molar-refractivity contribution in [3.8, 4) is 0 Å². The van der Waals surface area contributed by atoms with E-state index >= 15 is 0 Å². The molecular weight excluding hydrogens is 228 g/mol. The lowest BCUT2D eigenvalue weighted by molar-refractivity contribution is 0.0690. The van der Waals surface area contributed by atoms with Gasteiger partial charge in [-0.2, -0.15) is 0 Å². The topological polar surface area (TPSA) is 110 Å². The Bertz CT molecular complexity index is 341. The average Bonchev–Trinajstić information content (AvgIpc) is 2.77. The number of aromatic nitrogens is 3. The minimum Gasteiger partial charge on any atom is -0.476 e. The molecule has 0 saturated heterocycles. The molecule has 0 aliphatic heterocycles. The van der Waals surface area contributed by atoms with E-state index in [2.05, 4.69) is 15.6 Å². The van der Waals surface area contributed by atoms with Crippen molar-refractivity contribution in [3.63, 3.8) is 0 Å². The lowest BCUT2D eigenvalue weighted by atomic mass is 10.5. The molecule has 0 atom stereocenters. The van der Waals surface area contributed by atoms with Crippen LogP contribution in [0.4, 0.5) is 0 Å². The molecule has 1 aromatic rings. The predicted octanol–water partition coefficient (Wildman–Crippen LogP) is -1.43. The molecular formula is C9H16N4O4. The van der Waals surface area contributed by atoms with E-state index in [1.165, 1.54) is 10.9 Å². The minimum atomic E-state index is -1.08. The fraction of sp³-hybridized carbons (Fsp3) is 0.667. The summed E-state index contributed by atoms with van der Waals surface area (Å²) in [6.45, 7) is 2.74. The molecule has 0 saturated carbocycles. The van der Waals surface area contributed by atoms with Crippen molar-refractivity contribution in [2.75, 3.05) is 32.9 Å². The summed E-state index contributed by atoms with van der Waals surface area (Å²) in [6.07, 6.45) is 1.38. The summed E-state index contributed by atoms with van der Waals surface area (Å²) >= 11 is 0. The third-order valence-corrected chi connectivity index (χ3v) is 1.93. The van der Waals surface area contributed by atoms with E-state index in [9.17, 15) is 4.79 Å². The van der Waals surface area contributed by atoms with Gasteiger partial charge in [-0.3, -0.25) is 4.68 Å². The molecule has 0 aliphatic rings. The summed E-state index contributed by atoms with van der Waals surface area (Å²) in [6, 6.07) is 0. The van der Waals surface area contributed by atoms with E-state index in [-0.39, 0.29) is 12.3 Å². The predicted molar refractivity (Wildman–Crippen MR) is 57.8 cm³/mol. The average molecular weight is 244 g/mol. The molecule has 0 fully saturated rings. The lowest BCUT2D eigenvalue weighted by Crippen LogP contribution is -2.24. The molecule has 0 spiro atoms. The molecule has 8 nitrogen and oxygen atoms in total. The van der Waals surface area contributed by atoms with Crippen LogP contribution in [0.15, 0.2) is 6.20 Å². The zero-order chi connectivity index (χ0) is 12.5. The Morgan fingerprint density at radius 1 is 1.47 bits per heavy atom. The summed E-state index contributed by atoms with van der Waals surface area (Å²) in [7, 11) is 0. The highest BCUT2D eigenvalue weighted by Gasteiger charge is 2.07. The number of aliphatic hydroxyl groups is 1. The minimum absolute atomic E-state index is 0.0247. The molecule has 1 aromatic heterocycles. The molecule has 0 aliphatic carbocycles. The van der Waals surface area contributed by atoms with Gasteiger partial charge in [0.25, 0.3) is 0 Å². The Balaban J connectivity index is 2.07. The third-order valence-electron chi connectivity index (χ3n) is 1.93. The van der Waals surface area contributed by atoms with Crippen LogP contribution in [-0.4, -0.2) is 64.1 Å². The summed E-state index contributed by atoms with van der Waals surface area (Å²) in [5.41, 5.74) is -0.0590. The summed E-state index contributed by atoms with van der Waals surface area (Å²) < 4.78 is 6.51. The van der Waals surface area contributed by atoms with Gasteiger partial charge in [-0.25, -0.2) is 4.79 Å². The van der Waals surface area contributed by atoms with Crippen molar-refractivity contribution in [1.29, 1.82) is 0 Å². The molecule has 0 amide bonds. The molecule has 0 unspecified atom stereocenters. The van der Waals surface area contributed by atoms with Gasteiger partial charge in [0.15, 0.2) is 5.69 Å². The third kappa shape index (κ3) is 5.38. The lowest BCUT2D eigenvalue weighted by Gasteiger charge is -2.04. The van der Waals surface area contributed by atoms with Crippen LogP contribution in [0.1, 0.15) is 10.5 Å². The fourth-order valence-electron chi connectivity index (χ4n) is 1.14. The number of hydrogen-bond acceptors (Lipinski definition) is 6. The number of hydrogen-bond donors (Lipinski definition) is 3. The van der Waals surface area contributed by atoms with E-state index in [0.717, 1.165) is 0 Å². The van der Waals surface area contributed by atoms with E-state index in [1.54, 1.807) is 0 Å². The first-order valence-electron chi connectivity index (χ1n) is 5.27. The van der Waals surface area contributed by atoms with Crippen LogP contribution in [0.25, 0.3) is 0 Å². The molecule has 8 heteroatoms. The summed E-state index contributed by atoms with van der Waals surface area (Å²) in [5, 5.41) is 27.3. The van der Waals surface area contributed by atoms with Crippen LogP contribution in [-0.2, 0) is 11.3 Å². The maximum atomic E-state index is 10.5. The second kappa shape index (κ2) is 7.71. The van der Waals surface area contributed by atoms with E-state index in [4.69, 9.17) is 14.9 Å². The van der Waals surface area contributed by atoms with Gasteiger partial charge in [0.05, 0.1) is 32.6 Å². The SMILES string of the molecule is O=C(O)c1cn(CCNCCOCCO)nn1. The largest absolute Gasteiger partial charge is 0.476 e. The van der Waals surface area contributed by atoms with Crippen LogP contribution in [0.3, 0.4) is 0 Å². The molecule has 96 valence electrons. The van der Waals surface area contributed by atoms with Crippen molar-refractivity contribution in [2.24, 2.45) is 0 Å². The van der Waals surface area contributed by atoms with Gasteiger partial charge in [-0.15, -0.1) is 5.10 Å². The number of aromatic carboxylic acids is 1. The first-order chi connectivity index (χ1) is 8.24. The Hall–Kier alpha value is -1.51. The highest BCUT2D eigenvalue weighted by atomic mass is 16.5. The monoisotopic (exact) mass is 244 g/mol. The van der Waals surface area contributed by atoms with Crippen molar-refractivity contribution in [2.45, 2.75) is 6.54 Å². The fourth-order valence-corrected chi connectivity index (χ4v) is 1.14. The highest BCUT2D eigenvalue weighted by molar-refractivity contribution is 5.84. The van der Waals surface area contributed by atoms with Gasteiger partial charge in [0, 0.05) is 13.1 Å². The van der Waals surface area contributed by atoms with Gasteiger partial charge in [0.2, 0.25) is 0 Å². The maximum absolute atomic E-state index is 10.5. The first-order valence-corrected chi connectivity index (χ1v) is 5.27. The number of carboxylic acids is 1. The van der Waals surface area contributed by atoms with Crippen LogP contribution in [0.2, 0.25) is 0 Å². The Labute approximate surface area is 98.2 Å². The molecule has 17 heavy (non-hydrogen) atoms. The van der Waals surface area contributed by atoms with Gasteiger partial charge in [0.1, 0.15) is 0 Å². The van der Waals surface area contributed by atoms with Crippen molar-refractivity contribution in [3.05, 3.63) is 11.9 Å². The van der Waals surface area contributed by atoms with Gasteiger partial charge >= 0.3 is 5.97 Å². The quantitative estimate of drug-likeness (QED) is 0.457. The molecule has 1 rings (SSSR count). The van der Waals surface area contributed by atoms with Crippen LogP contribution in [0, 0.1) is 0 Å². The zero-order valence-electron chi connectivity index (χ0n) is 9.37. The number of aliphatic hydroxyl groups excluding tert-OH is 1. The van der Waals surface area contributed by atoms with E-state index < -0.39 is 5.97 Å². The normalized spacial score (nSPS) is 10.6. The Kier molecular flexibility index (Phi) is 6.15. The second-order valence-electron chi connectivity index (χ2n) is 3.26. The molecule has 0 aromatic carbocycles. The van der Waals surface area contributed by atoms with Crippen LogP contribution < -0.4 is 5.32 Å². The maximum Gasteiger partial charge on any atom is 0.358 e. The molecule has 0 bridgehead atoms. The molecule has 1 heterocycles. The second-order valence-corrected chi connectivity index (χ2v) is 3.26. The van der Waals surface area contributed by atoms with Crippen molar-refractivity contribution >= 4 is 5.97 Å². The standard InChI is InChI=1S/C9H16N4O4/c14-4-6-17-5-2-10-1-3-13-7-8(9(15)16)11-12-13/h7,10,14H,1-6H2,(H,15,16). The van der Waals surface area contributed by atoms with E-state index in [0.29, 0.717) is 32.8 Å². The van der Waals surface area contributed by atoms with Crippen LogP contribution in [0.5, 0.6) is 0 Å². The van der Waals surface area contributed by atoms with E-state index in [1.807, 2.05) is 0 Å². The number of carbonyl (C=O) groups is 1. The first kappa shape index (κ1) is 13.6. The number of ether oxygens (including phenoxy) is 1. The summed E-state index contributed by atoms with van der Waals surface area (Å²) in [4.78, 5) is 10.5. The number of nitrogens with zero attached hydrogens (tertiary/aromatic N) is 3. The van der Waals surface area contributed by atoms with Crippen molar-refractivity contribution < 1.29 is 19.7 Å². The molecule has 3 N–H and O–H groups in total. The van der Waals surface area contributed by atoms with Crippen molar-refractivity contribution in [1.82, 2.24) is 20.3 Å². The van der Waals surface area contributed by atoms with Gasteiger partial charge in [-0.05, 0) is 0 Å². The smallest absolute Gasteiger partial charge is 0.358 e. The van der Waals surface area contributed by atoms with Gasteiger partial charge in [-0.1, -0.05) is 5.21 Å². The summed E-state index contributed by atoms with van der Waals surface area (Å²) in [5.74, 6) is -1.08. The Morgan fingerprint density at radius 3 is 2.94 bits per heavy atom. The zero-order valence-corrected chi connectivity index (χ0v) is 9.37. The number of nitrogens with one attached hydrogen (secondary N) is 1. The molecule has 0 radical (unpaired) electrons. The number of rotatable bonds is 9. The number of carboxylic acid groups (broad SMARTS) is 1. The van der Waals surface area contributed by atoms with Crippen LogP contribution >= 0.6 is 0 Å². The Morgan fingerprint density at radius 2 is 2.29 bits per heavy atom. The van der Waals surface area contributed by atoms with Gasteiger partial charge < -0.3 is 20.3 Å². The highest BCUT2D eigenvalue weighted by Crippen LogP contribution is 1.91.